The van der Waals surface area contributed by atoms with Gasteiger partial charge in [-0.25, -0.2) is 0 Å². The predicted octanol–water partition coefficient (Wildman–Crippen LogP) is 2.92. The van der Waals surface area contributed by atoms with E-state index in [4.69, 9.17) is 16.3 Å². The molecule has 1 N–H and O–H groups in total. The maximum absolute atomic E-state index is 6.24. The number of rotatable bonds is 7. The molecule has 4 heteroatoms. The molecule has 0 saturated carbocycles. The summed E-state index contributed by atoms with van der Waals surface area (Å²) in [6, 6.07) is 5.93. The molecular formula is C15H23ClN2O. The van der Waals surface area contributed by atoms with Crippen molar-refractivity contribution in [2.75, 3.05) is 32.8 Å². The Bertz CT molecular complexity index is 392. The molecule has 1 aliphatic heterocycles. The smallest absolute Gasteiger partial charge is 0.142 e. The fraction of sp³-hybridized carbons (Fsp3) is 0.600. The molecule has 1 aliphatic rings. The van der Waals surface area contributed by atoms with Crippen molar-refractivity contribution in [3.63, 3.8) is 0 Å². The number of likely N-dealkylation sites (tertiary alicyclic amines) is 1. The summed E-state index contributed by atoms with van der Waals surface area (Å²) in [5, 5.41) is 4.02. The van der Waals surface area contributed by atoms with Crippen LogP contribution in [-0.4, -0.2) is 37.7 Å². The second-order valence-corrected chi connectivity index (χ2v) is 5.31. The minimum Gasteiger partial charge on any atom is -0.490 e. The lowest BCUT2D eigenvalue weighted by Crippen LogP contribution is -2.25. The van der Waals surface area contributed by atoms with Gasteiger partial charge in [-0.2, -0.15) is 0 Å². The molecule has 0 radical (unpaired) electrons. The Morgan fingerprint density at radius 3 is 2.84 bits per heavy atom. The first-order valence-corrected chi connectivity index (χ1v) is 7.52. The van der Waals surface area contributed by atoms with Crippen molar-refractivity contribution in [3.05, 3.63) is 28.8 Å². The minimum absolute atomic E-state index is 0.705. The van der Waals surface area contributed by atoms with Crippen LogP contribution in [0.2, 0.25) is 5.02 Å². The van der Waals surface area contributed by atoms with Gasteiger partial charge in [0.1, 0.15) is 12.4 Å². The zero-order chi connectivity index (χ0) is 13.5. The molecule has 3 nitrogen and oxygen atoms in total. The van der Waals surface area contributed by atoms with Crippen LogP contribution in [0.4, 0.5) is 0 Å². The molecule has 0 bridgehead atoms. The fourth-order valence-corrected chi connectivity index (χ4v) is 2.65. The molecule has 1 saturated heterocycles. The van der Waals surface area contributed by atoms with Crippen LogP contribution in [0.15, 0.2) is 18.2 Å². The van der Waals surface area contributed by atoms with Crippen molar-refractivity contribution < 1.29 is 4.74 Å². The quantitative estimate of drug-likeness (QED) is 0.832. The van der Waals surface area contributed by atoms with Crippen LogP contribution in [0.1, 0.15) is 25.3 Å². The van der Waals surface area contributed by atoms with Crippen molar-refractivity contribution in [3.8, 4) is 5.75 Å². The topological polar surface area (TPSA) is 24.5 Å². The maximum Gasteiger partial charge on any atom is 0.142 e. The molecule has 19 heavy (non-hydrogen) atoms. The Morgan fingerprint density at radius 1 is 1.32 bits per heavy atom. The molecule has 0 atom stereocenters. The highest BCUT2D eigenvalue weighted by Crippen LogP contribution is 2.28. The van der Waals surface area contributed by atoms with Crippen LogP contribution < -0.4 is 10.1 Å². The number of halogens is 1. The number of para-hydroxylation sites is 1. The molecule has 1 heterocycles. The minimum atomic E-state index is 0.705. The van der Waals surface area contributed by atoms with Gasteiger partial charge in [-0.15, -0.1) is 0 Å². The molecule has 0 aliphatic carbocycles. The molecule has 1 fully saturated rings. The van der Waals surface area contributed by atoms with Gasteiger partial charge in [-0.05, 0) is 38.5 Å². The van der Waals surface area contributed by atoms with E-state index in [9.17, 15) is 0 Å². The van der Waals surface area contributed by atoms with Crippen molar-refractivity contribution in [2.24, 2.45) is 0 Å². The lowest BCUT2D eigenvalue weighted by molar-refractivity contribution is 0.236. The van der Waals surface area contributed by atoms with Crippen LogP contribution in [0, 0.1) is 0 Å². The van der Waals surface area contributed by atoms with Crippen LogP contribution in [0.3, 0.4) is 0 Å². The summed E-state index contributed by atoms with van der Waals surface area (Å²) < 4.78 is 5.91. The molecule has 0 spiro atoms. The molecule has 1 aromatic carbocycles. The lowest BCUT2D eigenvalue weighted by Gasteiger charge is -2.17. The Morgan fingerprint density at radius 2 is 2.11 bits per heavy atom. The largest absolute Gasteiger partial charge is 0.490 e. The maximum atomic E-state index is 6.24. The Labute approximate surface area is 120 Å². The van der Waals surface area contributed by atoms with E-state index in [1.54, 1.807) is 0 Å². The van der Waals surface area contributed by atoms with Gasteiger partial charge in [-0.3, -0.25) is 4.90 Å². The van der Waals surface area contributed by atoms with Gasteiger partial charge in [0.05, 0.1) is 5.02 Å². The highest BCUT2D eigenvalue weighted by molar-refractivity contribution is 6.32. The fourth-order valence-electron chi connectivity index (χ4n) is 2.40. The third kappa shape index (κ3) is 4.37. The number of benzene rings is 1. The third-order valence-electron chi connectivity index (χ3n) is 3.47. The molecule has 2 rings (SSSR count). The van der Waals surface area contributed by atoms with Gasteiger partial charge < -0.3 is 10.1 Å². The molecule has 0 amide bonds. The van der Waals surface area contributed by atoms with Crippen molar-refractivity contribution >= 4 is 11.6 Å². The van der Waals surface area contributed by atoms with Crippen molar-refractivity contribution in [1.29, 1.82) is 0 Å². The summed E-state index contributed by atoms with van der Waals surface area (Å²) in [5.74, 6) is 0.837. The van der Waals surface area contributed by atoms with E-state index >= 15 is 0 Å². The molecular weight excluding hydrogens is 260 g/mol. The Balaban J connectivity index is 1.89. The van der Waals surface area contributed by atoms with Crippen LogP contribution >= 0.6 is 11.6 Å². The van der Waals surface area contributed by atoms with Gasteiger partial charge in [0, 0.05) is 18.7 Å². The van der Waals surface area contributed by atoms with E-state index in [0.717, 1.165) is 30.9 Å². The molecule has 0 unspecified atom stereocenters. The SMILES string of the molecule is CCNCc1cccc(Cl)c1OCCN1CCCC1. The third-order valence-corrected chi connectivity index (χ3v) is 3.76. The normalized spacial score (nSPS) is 15.9. The van der Waals surface area contributed by atoms with Gasteiger partial charge in [0.25, 0.3) is 0 Å². The van der Waals surface area contributed by atoms with E-state index in [2.05, 4.69) is 23.2 Å². The lowest BCUT2D eigenvalue weighted by atomic mass is 10.2. The second-order valence-electron chi connectivity index (χ2n) is 4.91. The molecule has 1 aromatic rings. The van der Waals surface area contributed by atoms with Crippen LogP contribution in [0.25, 0.3) is 0 Å². The van der Waals surface area contributed by atoms with Gasteiger partial charge in [-0.1, -0.05) is 30.7 Å². The van der Waals surface area contributed by atoms with E-state index in [1.807, 2.05) is 12.1 Å². The average molecular weight is 283 g/mol. The standard InChI is InChI=1S/C15H23ClN2O/c1-2-17-12-13-6-5-7-14(16)15(13)19-11-10-18-8-3-4-9-18/h5-7,17H,2-4,8-12H2,1H3. The van der Waals surface area contributed by atoms with Crippen LogP contribution in [-0.2, 0) is 6.54 Å². The van der Waals surface area contributed by atoms with E-state index < -0.39 is 0 Å². The summed E-state index contributed by atoms with van der Waals surface area (Å²) in [5.41, 5.74) is 1.13. The summed E-state index contributed by atoms with van der Waals surface area (Å²) >= 11 is 6.24. The molecule has 0 aromatic heterocycles. The number of ether oxygens (including phenoxy) is 1. The Kier molecular flexibility index (Phi) is 5.95. The first kappa shape index (κ1) is 14.6. The number of hydrogen-bond acceptors (Lipinski definition) is 3. The van der Waals surface area contributed by atoms with E-state index in [0.29, 0.717) is 11.6 Å². The number of hydrogen-bond donors (Lipinski definition) is 1. The van der Waals surface area contributed by atoms with Gasteiger partial charge in [0.15, 0.2) is 0 Å². The summed E-state index contributed by atoms with van der Waals surface area (Å²) in [6.07, 6.45) is 2.63. The zero-order valence-corrected chi connectivity index (χ0v) is 12.4. The highest BCUT2D eigenvalue weighted by atomic mass is 35.5. The Hall–Kier alpha value is -0.770. The number of nitrogens with one attached hydrogen (secondary N) is 1. The first-order valence-electron chi connectivity index (χ1n) is 7.14. The van der Waals surface area contributed by atoms with Gasteiger partial charge in [0.2, 0.25) is 0 Å². The average Bonchev–Trinajstić information content (AvgIpc) is 2.92. The summed E-state index contributed by atoms with van der Waals surface area (Å²) in [6.45, 7) is 7.95. The number of nitrogens with zero attached hydrogens (tertiary/aromatic N) is 1. The summed E-state index contributed by atoms with van der Waals surface area (Å²) in [4.78, 5) is 2.45. The monoisotopic (exact) mass is 282 g/mol. The van der Waals surface area contributed by atoms with Crippen LogP contribution in [0.5, 0.6) is 5.75 Å². The van der Waals surface area contributed by atoms with Gasteiger partial charge >= 0.3 is 0 Å². The second kappa shape index (κ2) is 7.73. The van der Waals surface area contributed by atoms with E-state index in [1.165, 1.54) is 25.9 Å². The zero-order valence-electron chi connectivity index (χ0n) is 11.6. The molecule has 106 valence electrons. The van der Waals surface area contributed by atoms with Crippen molar-refractivity contribution in [2.45, 2.75) is 26.3 Å². The summed E-state index contributed by atoms with van der Waals surface area (Å²) in [7, 11) is 0. The predicted molar refractivity (Wildman–Crippen MR) is 80.0 cm³/mol. The van der Waals surface area contributed by atoms with Crippen molar-refractivity contribution in [1.82, 2.24) is 10.2 Å². The highest BCUT2D eigenvalue weighted by Gasteiger charge is 2.12. The first-order chi connectivity index (χ1) is 9.31. The van der Waals surface area contributed by atoms with E-state index in [-0.39, 0.29) is 0 Å².